The van der Waals surface area contributed by atoms with Gasteiger partial charge in [0.15, 0.2) is 0 Å². The maximum absolute atomic E-state index is 11.5. The fraction of sp³-hybridized carbons (Fsp3) is 0.417. The van der Waals surface area contributed by atoms with Crippen LogP contribution in [0.4, 0.5) is 0 Å². The number of carbonyl (C=O) groups is 1. The topological polar surface area (TPSA) is 55.1 Å². The largest absolute Gasteiger partial charge is 0.352 e. The molecule has 3 N–H and O–H groups in total. The Morgan fingerprint density at radius 3 is 3.00 bits per heavy atom. The lowest BCUT2D eigenvalue weighted by molar-refractivity contribution is -0.119. The van der Waals surface area contributed by atoms with Gasteiger partial charge in [0, 0.05) is 23.4 Å². The van der Waals surface area contributed by atoms with Gasteiger partial charge < -0.3 is 11.1 Å². The zero-order valence-electron chi connectivity index (χ0n) is 9.78. The number of nitrogens with two attached hydrogens (primary N) is 1. The lowest BCUT2D eigenvalue weighted by atomic mass is 10.2. The van der Waals surface area contributed by atoms with E-state index in [9.17, 15) is 4.79 Å². The molecule has 5 heteroatoms. The Balaban J connectivity index is 2.26. The van der Waals surface area contributed by atoms with Gasteiger partial charge in [-0.15, -0.1) is 11.8 Å². The van der Waals surface area contributed by atoms with Gasteiger partial charge in [0.1, 0.15) is 0 Å². The first kappa shape index (κ1) is 14.4. The average molecular weight is 273 g/mol. The molecule has 0 unspecified atom stereocenters. The van der Waals surface area contributed by atoms with Crippen LogP contribution in [0, 0.1) is 0 Å². The van der Waals surface area contributed by atoms with Crippen molar-refractivity contribution in [1.82, 2.24) is 5.32 Å². The Kier molecular flexibility index (Phi) is 6.40. The predicted octanol–water partition coefficient (Wildman–Crippen LogP) is 2.04. The molecule has 0 bridgehead atoms. The van der Waals surface area contributed by atoms with Crippen molar-refractivity contribution in [2.45, 2.75) is 18.7 Å². The molecule has 0 aromatic heterocycles. The average Bonchev–Trinajstić information content (AvgIpc) is 2.29. The summed E-state index contributed by atoms with van der Waals surface area (Å²) >= 11 is 7.44. The molecule has 1 atom stereocenters. The second-order valence-corrected chi connectivity index (χ2v) is 5.25. The van der Waals surface area contributed by atoms with Gasteiger partial charge in [-0.25, -0.2) is 0 Å². The maximum Gasteiger partial charge on any atom is 0.230 e. The monoisotopic (exact) mass is 272 g/mol. The Hall–Kier alpha value is -0.710. The molecule has 1 amide bonds. The smallest absolute Gasteiger partial charge is 0.230 e. The van der Waals surface area contributed by atoms with Crippen LogP contribution in [-0.2, 0) is 10.5 Å². The van der Waals surface area contributed by atoms with E-state index < -0.39 is 0 Å². The van der Waals surface area contributed by atoms with Gasteiger partial charge in [0.25, 0.3) is 0 Å². The number of rotatable bonds is 6. The van der Waals surface area contributed by atoms with Gasteiger partial charge in [-0.1, -0.05) is 23.7 Å². The third kappa shape index (κ3) is 5.96. The van der Waals surface area contributed by atoms with E-state index in [-0.39, 0.29) is 11.9 Å². The van der Waals surface area contributed by atoms with Gasteiger partial charge in [-0.3, -0.25) is 4.79 Å². The highest BCUT2D eigenvalue weighted by molar-refractivity contribution is 7.99. The molecule has 0 radical (unpaired) electrons. The first-order chi connectivity index (χ1) is 8.11. The Labute approximate surface area is 111 Å². The Bertz CT molecular complexity index is 373. The third-order valence-electron chi connectivity index (χ3n) is 2.15. The third-order valence-corrected chi connectivity index (χ3v) is 3.39. The molecule has 1 aromatic rings. The van der Waals surface area contributed by atoms with Gasteiger partial charge in [-0.05, 0) is 24.6 Å². The number of thioether (sulfide) groups is 1. The van der Waals surface area contributed by atoms with Crippen LogP contribution < -0.4 is 11.1 Å². The van der Waals surface area contributed by atoms with Crippen LogP contribution in [-0.4, -0.2) is 24.2 Å². The van der Waals surface area contributed by atoms with Crippen molar-refractivity contribution in [3.05, 3.63) is 34.9 Å². The van der Waals surface area contributed by atoms with E-state index >= 15 is 0 Å². The summed E-state index contributed by atoms with van der Waals surface area (Å²) in [5.41, 5.74) is 6.55. The van der Waals surface area contributed by atoms with Crippen molar-refractivity contribution in [1.29, 1.82) is 0 Å². The molecule has 17 heavy (non-hydrogen) atoms. The number of hydrogen-bond acceptors (Lipinski definition) is 3. The number of nitrogens with one attached hydrogen (secondary N) is 1. The lowest BCUT2D eigenvalue weighted by Crippen LogP contribution is -2.38. The first-order valence-electron chi connectivity index (χ1n) is 5.43. The van der Waals surface area contributed by atoms with Gasteiger partial charge in [0.2, 0.25) is 5.91 Å². The summed E-state index contributed by atoms with van der Waals surface area (Å²) < 4.78 is 0. The molecule has 3 nitrogen and oxygen atoms in total. The molecule has 0 saturated carbocycles. The summed E-state index contributed by atoms with van der Waals surface area (Å²) in [5, 5.41) is 3.54. The predicted molar refractivity (Wildman–Crippen MR) is 74.3 cm³/mol. The van der Waals surface area contributed by atoms with E-state index in [0.29, 0.717) is 12.3 Å². The highest BCUT2D eigenvalue weighted by Gasteiger charge is 2.05. The van der Waals surface area contributed by atoms with Crippen LogP contribution in [0.15, 0.2) is 24.3 Å². The molecular weight excluding hydrogens is 256 g/mol. The van der Waals surface area contributed by atoms with Gasteiger partial charge >= 0.3 is 0 Å². The van der Waals surface area contributed by atoms with Crippen molar-refractivity contribution in [3.63, 3.8) is 0 Å². The molecule has 1 rings (SSSR count). The molecule has 0 heterocycles. The van der Waals surface area contributed by atoms with Crippen LogP contribution in [0.3, 0.4) is 0 Å². The van der Waals surface area contributed by atoms with Crippen molar-refractivity contribution < 1.29 is 4.79 Å². The van der Waals surface area contributed by atoms with Crippen molar-refractivity contribution in [3.8, 4) is 0 Å². The fourth-order valence-electron chi connectivity index (χ4n) is 1.26. The molecule has 0 saturated heterocycles. The summed E-state index contributed by atoms with van der Waals surface area (Å²) in [6.07, 6.45) is 0. The molecule has 0 aliphatic carbocycles. The normalized spacial score (nSPS) is 12.2. The van der Waals surface area contributed by atoms with E-state index in [1.807, 2.05) is 31.2 Å². The van der Waals surface area contributed by atoms with Crippen LogP contribution in [0.1, 0.15) is 12.5 Å². The second-order valence-electron chi connectivity index (χ2n) is 3.83. The highest BCUT2D eigenvalue weighted by atomic mass is 35.5. The zero-order chi connectivity index (χ0) is 12.7. The summed E-state index contributed by atoms with van der Waals surface area (Å²) in [6.45, 7) is 2.35. The molecule has 0 fully saturated rings. The van der Waals surface area contributed by atoms with E-state index in [4.69, 9.17) is 17.3 Å². The number of hydrogen-bond donors (Lipinski definition) is 2. The molecular formula is C12H17ClN2OS. The zero-order valence-corrected chi connectivity index (χ0v) is 11.4. The standard InChI is InChI=1S/C12H17ClN2OS/c1-9(6-14)15-12(16)8-17-7-10-3-2-4-11(13)5-10/h2-5,9H,6-8,14H2,1H3,(H,15,16)/t9-/m0/s1. The van der Waals surface area contributed by atoms with Crippen molar-refractivity contribution >= 4 is 29.3 Å². The van der Waals surface area contributed by atoms with Crippen molar-refractivity contribution in [2.75, 3.05) is 12.3 Å². The summed E-state index contributed by atoms with van der Waals surface area (Å²) in [7, 11) is 0. The van der Waals surface area contributed by atoms with Crippen LogP contribution in [0.5, 0.6) is 0 Å². The number of halogens is 1. The molecule has 0 spiro atoms. The first-order valence-corrected chi connectivity index (χ1v) is 6.96. The molecule has 1 aromatic carbocycles. The quantitative estimate of drug-likeness (QED) is 0.833. The minimum absolute atomic E-state index is 0.0231. The van der Waals surface area contributed by atoms with Crippen LogP contribution >= 0.6 is 23.4 Å². The minimum atomic E-state index is 0.0231. The fourth-order valence-corrected chi connectivity index (χ4v) is 2.26. The minimum Gasteiger partial charge on any atom is -0.352 e. The van der Waals surface area contributed by atoms with E-state index in [0.717, 1.165) is 16.3 Å². The number of amides is 1. The Morgan fingerprint density at radius 2 is 2.35 bits per heavy atom. The number of carbonyl (C=O) groups excluding carboxylic acids is 1. The molecule has 0 aliphatic heterocycles. The maximum atomic E-state index is 11.5. The lowest BCUT2D eigenvalue weighted by Gasteiger charge is -2.10. The SMILES string of the molecule is C[C@@H](CN)NC(=O)CSCc1cccc(Cl)c1. The van der Waals surface area contributed by atoms with Crippen molar-refractivity contribution in [2.24, 2.45) is 5.73 Å². The summed E-state index contributed by atoms with van der Waals surface area (Å²) in [5.74, 6) is 1.25. The summed E-state index contributed by atoms with van der Waals surface area (Å²) in [4.78, 5) is 11.5. The second kappa shape index (κ2) is 7.58. The van der Waals surface area contributed by atoms with Gasteiger partial charge in [0.05, 0.1) is 5.75 Å². The Morgan fingerprint density at radius 1 is 1.59 bits per heavy atom. The van der Waals surface area contributed by atoms with E-state index in [1.165, 1.54) is 0 Å². The van der Waals surface area contributed by atoms with Crippen LogP contribution in [0.25, 0.3) is 0 Å². The van der Waals surface area contributed by atoms with E-state index in [2.05, 4.69) is 5.32 Å². The van der Waals surface area contributed by atoms with Gasteiger partial charge in [-0.2, -0.15) is 0 Å². The van der Waals surface area contributed by atoms with E-state index in [1.54, 1.807) is 11.8 Å². The molecule has 94 valence electrons. The molecule has 0 aliphatic rings. The van der Waals surface area contributed by atoms with Crippen LogP contribution in [0.2, 0.25) is 5.02 Å². The summed E-state index contributed by atoms with van der Waals surface area (Å²) in [6, 6.07) is 7.70. The number of benzene rings is 1. The highest BCUT2D eigenvalue weighted by Crippen LogP contribution is 2.16.